The Labute approximate surface area is 224 Å². The standard InChI is InChI=1S/C29H27F3N6O/c1-19-20(7-8-24-17-34-27-4-3-9-35-38(24)27)14-23(28(33)39)15-25(19)21-5-6-22(26(16-21)29(30,31)32)18-37-12-10-36(2)11-13-37/h3-6,9,14-17H,10-13,18H2,1-2H3,(H2,33,39). The molecule has 7 nitrogen and oxygen atoms in total. The Morgan fingerprint density at radius 3 is 2.56 bits per heavy atom. The number of benzene rings is 2. The van der Waals surface area contributed by atoms with Crippen LogP contribution in [0.2, 0.25) is 0 Å². The summed E-state index contributed by atoms with van der Waals surface area (Å²) < 4.78 is 44.2. The van der Waals surface area contributed by atoms with Crippen molar-refractivity contribution in [3.63, 3.8) is 0 Å². The van der Waals surface area contributed by atoms with E-state index in [-0.39, 0.29) is 17.7 Å². The maximum Gasteiger partial charge on any atom is 0.416 e. The highest BCUT2D eigenvalue weighted by Crippen LogP contribution is 2.37. The van der Waals surface area contributed by atoms with Crippen LogP contribution in [0.5, 0.6) is 0 Å². The van der Waals surface area contributed by atoms with E-state index in [1.165, 1.54) is 12.1 Å². The van der Waals surface area contributed by atoms with Gasteiger partial charge in [0.05, 0.1) is 11.8 Å². The van der Waals surface area contributed by atoms with Gasteiger partial charge in [-0.2, -0.15) is 18.3 Å². The van der Waals surface area contributed by atoms with Crippen LogP contribution in [0, 0.1) is 18.8 Å². The van der Waals surface area contributed by atoms with Crippen molar-refractivity contribution in [3.05, 3.63) is 88.4 Å². The maximum atomic E-state index is 14.2. The lowest BCUT2D eigenvalue weighted by molar-refractivity contribution is -0.138. The molecule has 10 heteroatoms. The zero-order chi connectivity index (χ0) is 27.7. The fraction of sp³-hybridized carbons (Fsp3) is 0.276. The van der Waals surface area contributed by atoms with Crippen molar-refractivity contribution in [2.75, 3.05) is 33.2 Å². The smallest absolute Gasteiger partial charge is 0.366 e. The SMILES string of the molecule is Cc1c(C#Cc2cnc3cccnn23)cc(C(N)=O)cc1-c1ccc(CN2CCN(C)CC2)c(C(F)(F)F)c1. The molecule has 3 heterocycles. The molecule has 1 fully saturated rings. The minimum absolute atomic E-state index is 0.159. The Morgan fingerprint density at radius 1 is 1.08 bits per heavy atom. The molecule has 1 saturated heterocycles. The van der Waals surface area contributed by atoms with Crippen LogP contribution >= 0.6 is 0 Å². The van der Waals surface area contributed by atoms with Crippen molar-refractivity contribution < 1.29 is 18.0 Å². The number of likely N-dealkylation sites (N-methyl/N-ethyl adjacent to an activating group) is 1. The van der Waals surface area contributed by atoms with Gasteiger partial charge in [-0.05, 0) is 72.5 Å². The molecule has 2 aromatic carbocycles. The first kappa shape index (κ1) is 26.4. The number of amides is 1. The number of carbonyl (C=O) groups excluding carboxylic acids is 1. The fourth-order valence-corrected chi connectivity index (χ4v) is 4.72. The Morgan fingerprint density at radius 2 is 1.85 bits per heavy atom. The van der Waals surface area contributed by atoms with E-state index in [0.29, 0.717) is 46.7 Å². The number of aromatic nitrogens is 3. The summed E-state index contributed by atoms with van der Waals surface area (Å²) in [5.74, 6) is 5.35. The van der Waals surface area contributed by atoms with Crippen LogP contribution in [-0.4, -0.2) is 63.5 Å². The highest BCUT2D eigenvalue weighted by Gasteiger charge is 2.34. The highest BCUT2D eigenvalue weighted by atomic mass is 19.4. The van der Waals surface area contributed by atoms with E-state index in [9.17, 15) is 18.0 Å². The number of halogens is 3. The molecule has 0 spiro atoms. The Bertz CT molecular complexity index is 1610. The second kappa shape index (κ2) is 10.5. The molecule has 1 aliphatic heterocycles. The molecular formula is C29H27F3N6O. The van der Waals surface area contributed by atoms with Crippen molar-refractivity contribution in [1.82, 2.24) is 24.4 Å². The molecule has 0 unspecified atom stereocenters. The van der Waals surface area contributed by atoms with Crippen molar-refractivity contribution in [3.8, 4) is 23.0 Å². The first-order valence-electron chi connectivity index (χ1n) is 12.5. The van der Waals surface area contributed by atoms with Gasteiger partial charge in [0.25, 0.3) is 0 Å². The highest BCUT2D eigenvalue weighted by molar-refractivity contribution is 5.95. The average molecular weight is 533 g/mol. The van der Waals surface area contributed by atoms with Crippen LogP contribution < -0.4 is 5.73 Å². The van der Waals surface area contributed by atoms with Gasteiger partial charge in [0.2, 0.25) is 5.91 Å². The monoisotopic (exact) mass is 532 g/mol. The molecule has 39 heavy (non-hydrogen) atoms. The van der Waals surface area contributed by atoms with Crippen LogP contribution in [0.1, 0.15) is 38.3 Å². The minimum Gasteiger partial charge on any atom is -0.366 e. The number of nitrogens with zero attached hydrogens (tertiary/aromatic N) is 5. The summed E-state index contributed by atoms with van der Waals surface area (Å²) in [5.41, 5.74) is 8.34. The summed E-state index contributed by atoms with van der Waals surface area (Å²) >= 11 is 0. The third-order valence-corrected chi connectivity index (χ3v) is 7.01. The number of primary amides is 1. The second-order valence-electron chi connectivity index (χ2n) is 9.70. The molecule has 1 aliphatic rings. The molecule has 0 aliphatic carbocycles. The lowest BCUT2D eigenvalue weighted by atomic mass is 9.91. The zero-order valence-electron chi connectivity index (χ0n) is 21.6. The normalized spacial score (nSPS) is 14.8. The van der Waals surface area contributed by atoms with E-state index in [1.54, 1.807) is 48.1 Å². The van der Waals surface area contributed by atoms with Crippen LogP contribution in [0.3, 0.4) is 0 Å². The first-order valence-corrected chi connectivity index (χ1v) is 12.5. The van der Waals surface area contributed by atoms with E-state index < -0.39 is 17.6 Å². The fourth-order valence-electron chi connectivity index (χ4n) is 4.72. The molecular weight excluding hydrogens is 505 g/mol. The predicted octanol–water partition coefficient (Wildman–Crippen LogP) is 3.97. The predicted molar refractivity (Wildman–Crippen MR) is 142 cm³/mol. The lowest BCUT2D eigenvalue weighted by Gasteiger charge is -2.33. The quantitative estimate of drug-likeness (QED) is 0.403. The number of nitrogens with two attached hydrogens (primary N) is 1. The summed E-state index contributed by atoms with van der Waals surface area (Å²) in [6.45, 7) is 5.02. The Kier molecular flexibility index (Phi) is 7.12. The number of alkyl halides is 3. The topological polar surface area (TPSA) is 79.8 Å². The van der Waals surface area contributed by atoms with Gasteiger partial charge in [-0.1, -0.05) is 18.1 Å². The van der Waals surface area contributed by atoms with Crippen LogP contribution in [0.15, 0.2) is 54.9 Å². The number of piperazine rings is 1. The average Bonchev–Trinajstić information content (AvgIpc) is 3.32. The van der Waals surface area contributed by atoms with Crippen molar-refractivity contribution in [2.24, 2.45) is 5.73 Å². The lowest BCUT2D eigenvalue weighted by Crippen LogP contribution is -2.44. The molecule has 200 valence electrons. The van der Waals surface area contributed by atoms with Gasteiger partial charge in [-0.15, -0.1) is 0 Å². The van der Waals surface area contributed by atoms with E-state index in [0.717, 1.165) is 19.2 Å². The van der Waals surface area contributed by atoms with E-state index in [2.05, 4.69) is 26.8 Å². The summed E-state index contributed by atoms with van der Waals surface area (Å²) in [5, 5.41) is 4.24. The molecule has 2 N–H and O–H groups in total. The largest absolute Gasteiger partial charge is 0.416 e. The molecule has 2 aromatic heterocycles. The van der Waals surface area contributed by atoms with E-state index in [4.69, 9.17) is 5.73 Å². The molecule has 0 saturated carbocycles. The van der Waals surface area contributed by atoms with E-state index >= 15 is 0 Å². The minimum atomic E-state index is -4.54. The molecule has 0 radical (unpaired) electrons. The number of hydrogen-bond acceptors (Lipinski definition) is 5. The van der Waals surface area contributed by atoms with Crippen molar-refractivity contribution >= 4 is 11.6 Å². The number of rotatable bonds is 4. The maximum absolute atomic E-state index is 14.2. The van der Waals surface area contributed by atoms with Crippen LogP contribution in [0.4, 0.5) is 13.2 Å². The van der Waals surface area contributed by atoms with Gasteiger partial charge in [0, 0.05) is 50.0 Å². The van der Waals surface area contributed by atoms with E-state index in [1.807, 2.05) is 11.9 Å². The molecule has 0 atom stereocenters. The summed E-state index contributed by atoms with van der Waals surface area (Å²) in [6, 6.07) is 11.0. The van der Waals surface area contributed by atoms with Gasteiger partial charge >= 0.3 is 6.18 Å². The summed E-state index contributed by atoms with van der Waals surface area (Å²) in [4.78, 5) is 20.6. The zero-order valence-corrected chi connectivity index (χ0v) is 21.6. The second-order valence-corrected chi connectivity index (χ2v) is 9.70. The number of hydrogen-bond donors (Lipinski definition) is 1. The Balaban J connectivity index is 1.56. The number of imidazole rings is 1. The van der Waals surface area contributed by atoms with Gasteiger partial charge in [0.1, 0.15) is 5.69 Å². The molecule has 4 aromatic rings. The molecule has 5 rings (SSSR count). The molecule has 0 bridgehead atoms. The summed E-state index contributed by atoms with van der Waals surface area (Å²) in [7, 11) is 2.00. The van der Waals surface area contributed by atoms with Crippen molar-refractivity contribution in [1.29, 1.82) is 0 Å². The third kappa shape index (κ3) is 5.65. The first-order chi connectivity index (χ1) is 18.6. The summed E-state index contributed by atoms with van der Waals surface area (Å²) in [6.07, 6.45) is -1.34. The Hall–Kier alpha value is -4.20. The number of fused-ring (bicyclic) bond motifs is 1. The number of carbonyl (C=O) groups is 1. The van der Waals surface area contributed by atoms with Gasteiger partial charge in [0.15, 0.2) is 5.65 Å². The van der Waals surface area contributed by atoms with Crippen LogP contribution in [0.25, 0.3) is 16.8 Å². The third-order valence-electron chi connectivity index (χ3n) is 7.01. The van der Waals surface area contributed by atoms with Crippen LogP contribution in [-0.2, 0) is 12.7 Å². The van der Waals surface area contributed by atoms with Gasteiger partial charge in [-0.3, -0.25) is 9.69 Å². The van der Waals surface area contributed by atoms with Gasteiger partial charge in [-0.25, -0.2) is 9.50 Å². The van der Waals surface area contributed by atoms with Gasteiger partial charge < -0.3 is 10.6 Å². The molecule has 1 amide bonds. The van der Waals surface area contributed by atoms with Crippen molar-refractivity contribution in [2.45, 2.75) is 19.6 Å².